The van der Waals surface area contributed by atoms with E-state index in [4.69, 9.17) is 14.9 Å². The van der Waals surface area contributed by atoms with Gasteiger partial charge in [0, 0.05) is 11.8 Å². The van der Waals surface area contributed by atoms with Gasteiger partial charge in [0.15, 0.2) is 12.2 Å². The van der Waals surface area contributed by atoms with Crippen LogP contribution < -0.4 is 10.5 Å². The number of hydrogen-bond donors (Lipinski definition) is 1. The number of carbonyl (C=O) groups excluding carboxylic acids is 1. The van der Waals surface area contributed by atoms with Gasteiger partial charge < -0.3 is 14.9 Å². The second-order valence-electron chi connectivity index (χ2n) is 4.22. The first kappa shape index (κ1) is 12.9. The fourth-order valence-corrected chi connectivity index (χ4v) is 1.83. The maximum absolute atomic E-state index is 11.2. The Balaban J connectivity index is 1.96. The standard InChI is InChI=1S/C15H11N3O3/c16-14(19)10-3-1-4-11(7-10)21-15-12(5-2-6-18-15)13-8-17-9-20-13/h1-9H,(H2,16,19). The molecule has 104 valence electrons. The van der Waals surface area contributed by atoms with Crippen LogP contribution in [0.1, 0.15) is 10.4 Å². The van der Waals surface area contributed by atoms with Crippen LogP contribution in [0.4, 0.5) is 0 Å². The fraction of sp³-hybridized carbons (Fsp3) is 0. The Labute approximate surface area is 120 Å². The van der Waals surface area contributed by atoms with Crippen molar-refractivity contribution in [2.24, 2.45) is 5.73 Å². The van der Waals surface area contributed by atoms with Crippen LogP contribution in [-0.4, -0.2) is 15.9 Å². The van der Waals surface area contributed by atoms with E-state index in [0.717, 1.165) is 0 Å². The number of rotatable bonds is 4. The highest BCUT2D eigenvalue weighted by Crippen LogP contribution is 2.31. The lowest BCUT2D eigenvalue weighted by molar-refractivity contribution is 0.1000. The molecule has 6 heteroatoms. The summed E-state index contributed by atoms with van der Waals surface area (Å²) in [5, 5.41) is 0. The summed E-state index contributed by atoms with van der Waals surface area (Å²) in [6.45, 7) is 0. The Hall–Kier alpha value is -3.15. The number of benzene rings is 1. The zero-order valence-electron chi connectivity index (χ0n) is 10.9. The number of aromatic nitrogens is 2. The van der Waals surface area contributed by atoms with Gasteiger partial charge in [-0.1, -0.05) is 6.07 Å². The maximum Gasteiger partial charge on any atom is 0.248 e. The van der Waals surface area contributed by atoms with Gasteiger partial charge >= 0.3 is 0 Å². The molecule has 0 radical (unpaired) electrons. The number of amides is 1. The molecule has 3 rings (SSSR count). The number of pyridine rings is 1. The van der Waals surface area contributed by atoms with Crippen molar-refractivity contribution >= 4 is 5.91 Å². The van der Waals surface area contributed by atoms with Crippen molar-refractivity contribution < 1.29 is 13.9 Å². The largest absolute Gasteiger partial charge is 0.443 e. The number of primary amides is 1. The zero-order chi connectivity index (χ0) is 14.7. The summed E-state index contributed by atoms with van der Waals surface area (Å²) in [6, 6.07) is 10.1. The summed E-state index contributed by atoms with van der Waals surface area (Å²) >= 11 is 0. The van der Waals surface area contributed by atoms with Crippen LogP contribution in [0, 0.1) is 0 Å². The van der Waals surface area contributed by atoms with E-state index in [9.17, 15) is 4.79 Å². The van der Waals surface area contributed by atoms with Gasteiger partial charge in [-0.05, 0) is 30.3 Å². The van der Waals surface area contributed by atoms with E-state index in [1.807, 2.05) is 0 Å². The SMILES string of the molecule is NC(=O)c1cccc(Oc2ncccc2-c2cnco2)c1. The predicted molar refractivity (Wildman–Crippen MR) is 74.8 cm³/mol. The molecule has 6 nitrogen and oxygen atoms in total. The molecule has 2 N–H and O–H groups in total. The average Bonchev–Trinajstić information content (AvgIpc) is 3.02. The van der Waals surface area contributed by atoms with Crippen LogP contribution in [0.2, 0.25) is 0 Å². The molecule has 2 heterocycles. The Morgan fingerprint density at radius 2 is 2.14 bits per heavy atom. The fourth-order valence-electron chi connectivity index (χ4n) is 1.83. The monoisotopic (exact) mass is 281 g/mol. The lowest BCUT2D eigenvalue weighted by Crippen LogP contribution is -2.10. The molecule has 1 amide bonds. The highest BCUT2D eigenvalue weighted by Gasteiger charge is 2.12. The normalized spacial score (nSPS) is 10.3. The van der Waals surface area contributed by atoms with Crippen molar-refractivity contribution in [2.45, 2.75) is 0 Å². The van der Waals surface area contributed by atoms with Crippen LogP contribution >= 0.6 is 0 Å². The predicted octanol–water partition coefficient (Wildman–Crippen LogP) is 2.63. The molecular formula is C15H11N3O3. The van der Waals surface area contributed by atoms with Crippen molar-refractivity contribution in [1.29, 1.82) is 0 Å². The van der Waals surface area contributed by atoms with Gasteiger partial charge in [0.25, 0.3) is 0 Å². The smallest absolute Gasteiger partial charge is 0.248 e. The highest BCUT2D eigenvalue weighted by molar-refractivity contribution is 5.93. The molecule has 3 aromatic rings. The van der Waals surface area contributed by atoms with Gasteiger partial charge in [-0.3, -0.25) is 4.79 Å². The van der Waals surface area contributed by atoms with E-state index >= 15 is 0 Å². The Bertz CT molecular complexity index is 769. The van der Waals surface area contributed by atoms with E-state index < -0.39 is 5.91 Å². The van der Waals surface area contributed by atoms with Crippen molar-refractivity contribution in [3.8, 4) is 23.0 Å². The Morgan fingerprint density at radius 3 is 2.90 bits per heavy atom. The molecule has 0 bridgehead atoms. The molecule has 0 saturated carbocycles. The van der Waals surface area contributed by atoms with Gasteiger partial charge in [-0.2, -0.15) is 0 Å². The average molecular weight is 281 g/mol. The summed E-state index contributed by atoms with van der Waals surface area (Å²) < 4.78 is 11.0. The van der Waals surface area contributed by atoms with Crippen molar-refractivity contribution in [1.82, 2.24) is 9.97 Å². The lowest BCUT2D eigenvalue weighted by Gasteiger charge is -2.08. The summed E-state index contributed by atoms with van der Waals surface area (Å²) in [6.07, 6.45) is 4.51. The van der Waals surface area contributed by atoms with Crippen LogP contribution in [-0.2, 0) is 0 Å². The van der Waals surface area contributed by atoms with Crippen LogP contribution in [0.15, 0.2) is 59.6 Å². The number of ether oxygens (including phenoxy) is 1. The first-order valence-corrected chi connectivity index (χ1v) is 6.15. The molecule has 0 saturated heterocycles. The molecule has 1 aromatic carbocycles. The summed E-state index contributed by atoms with van der Waals surface area (Å²) in [5.41, 5.74) is 6.28. The van der Waals surface area contributed by atoms with Crippen LogP contribution in [0.3, 0.4) is 0 Å². The number of carbonyl (C=O) groups is 1. The molecule has 21 heavy (non-hydrogen) atoms. The molecule has 0 atom stereocenters. The third-order valence-corrected chi connectivity index (χ3v) is 2.80. The zero-order valence-corrected chi connectivity index (χ0v) is 10.9. The van der Waals surface area contributed by atoms with Gasteiger partial charge in [0.05, 0.1) is 11.8 Å². The first-order chi connectivity index (χ1) is 10.2. The molecule has 2 aromatic heterocycles. The van der Waals surface area contributed by atoms with Crippen molar-refractivity contribution in [3.05, 3.63) is 60.7 Å². The van der Waals surface area contributed by atoms with Gasteiger partial charge in [0.1, 0.15) is 5.75 Å². The Morgan fingerprint density at radius 1 is 1.24 bits per heavy atom. The minimum absolute atomic E-state index is 0.357. The van der Waals surface area contributed by atoms with Gasteiger partial charge in [-0.15, -0.1) is 0 Å². The van der Waals surface area contributed by atoms with Gasteiger partial charge in [0.2, 0.25) is 11.8 Å². The molecule has 0 spiro atoms. The van der Waals surface area contributed by atoms with Crippen LogP contribution in [0.25, 0.3) is 11.3 Å². The molecule has 0 aliphatic rings. The van der Waals surface area contributed by atoms with E-state index in [-0.39, 0.29) is 0 Å². The number of nitrogens with zero attached hydrogens (tertiary/aromatic N) is 2. The molecule has 0 unspecified atom stereocenters. The summed E-state index contributed by atoms with van der Waals surface area (Å²) in [4.78, 5) is 19.2. The third kappa shape index (κ3) is 2.74. The first-order valence-electron chi connectivity index (χ1n) is 6.15. The van der Waals surface area contributed by atoms with Crippen LogP contribution in [0.5, 0.6) is 11.6 Å². The number of oxazole rings is 1. The van der Waals surface area contributed by atoms with E-state index in [0.29, 0.717) is 28.5 Å². The Kier molecular flexibility index (Phi) is 3.34. The highest BCUT2D eigenvalue weighted by atomic mass is 16.5. The number of nitrogens with two attached hydrogens (primary N) is 1. The maximum atomic E-state index is 11.2. The van der Waals surface area contributed by atoms with Gasteiger partial charge in [-0.25, -0.2) is 9.97 Å². The topological polar surface area (TPSA) is 91.2 Å². The minimum Gasteiger partial charge on any atom is -0.443 e. The molecule has 0 fully saturated rings. The second kappa shape index (κ2) is 5.46. The van der Waals surface area contributed by atoms with E-state index in [1.54, 1.807) is 48.8 Å². The van der Waals surface area contributed by atoms with Crippen molar-refractivity contribution in [2.75, 3.05) is 0 Å². The third-order valence-electron chi connectivity index (χ3n) is 2.80. The quantitative estimate of drug-likeness (QED) is 0.793. The lowest BCUT2D eigenvalue weighted by atomic mass is 10.2. The van der Waals surface area contributed by atoms with Crippen molar-refractivity contribution in [3.63, 3.8) is 0 Å². The van der Waals surface area contributed by atoms with E-state index in [2.05, 4.69) is 9.97 Å². The van der Waals surface area contributed by atoms with E-state index in [1.165, 1.54) is 6.39 Å². The molecule has 0 aliphatic carbocycles. The summed E-state index contributed by atoms with van der Waals surface area (Å²) in [5.74, 6) is 0.850. The second-order valence-corrected chi connectivity index (χ2v) is 4.22. The molecule has 0 aliphatic heterocycles. The number of hydrogen-bond acceptors (Lipinski definition) is 5. The molecular weight excluding hydrogens is 270 g/mol. The minimum atomic E-state index is -0.517. The summed E-state index contributed by atoms with van der Waals surface area (Å²) in [7, 11) is 0.